The van der Waals surface area contributed by atoms with Crippen LogP contribution in [0.2, 0.25) is 0 Å². The number of hydrogen-bond donors (Lipinski definition) is 0. The van der Waals surface area contributed by atoms with Crippen molar-refractivity contribution in [3.63, 3.8) is 0 Å². The molecular weight excluding hydrogens is 473 g/mol. The summed E-state index contributed by atoms with van der Waals surface area (Å²) < 4.78 is 20.5. The van der Waals surface area contributed by atoms with Crippen molar-refractivity contribution in [3.05, 3.63) is 100 Å². The number of fused-ring (bicyclic) bond motifs is 1. The quantitative estimate of drug-likeness (QED) is 0.414. The van der Waals surface area contributed by atoms with Crippen molar-refractivity contribution in [3.8, 4) is 0 Å². The molecule has 0 saturated heterocycles. The van der Waals surface area contributed by atoms with Crippen molar-refractivity contribution >= 4 is 23.3 Å². The number of ether oxygens (including phenoxy) is 1. The Bertz CT molecular complexity index is 1380. The average Bonchev–Trinajstić information content (AvgIpc) is 3.22. The lowest BCUT2D eigenvalue weighted by atomic mass is 9.85. The number of aliphatic imine (C=N–C) groups is 3. The summed E-state index contributed by atoms with van der Waals surface area (Å²) in [6.07, 6.45) is 9.73. The maximum Gasteiger partial charge on any atom is 0.163 e. The van der Waals surface area contributed by atoms with Crippen LogP contribution in [0.4, 0.5) is 4.39 Å². The van der Waals surface area contributed by atoms with Crippen molar-refractivity contribution < 1.29 is 9.13 Å². The fourth-order valence-electron chi connectivity index (χ4n) is 5.06. The maximum atomic E-state index is 14.2. The second kappa shape index (κ2) is 11.0. The zero-order valence-corrected chi connectivity index (χ0v) is 22.8. The summed E-state index contributed by atoms with van der Waals surface area (Å²) in [5.74, 6) is 1.48. The largest absolute Gasteiger partial charge is 0.498 e. The molecule has 2 aromatic carbocycles. The number of hydrogen-bond acceptors (Lipinski definition) is 4. The second-order valence-electron chi connectivity index (χ2n) is 11.4. The summed E-state index contributed by atoms with van der Waals surface area (Å²) in [5.41, 5.74) is 7.24. The van der Waals surface area contributed by atoms with Gasteiger partial charge in [-0.25, -0.2) is 14.4 Å². The van der Waals surface area contributed by atoms with E-state index in [1.807, 2.05) is 0 Å². The zero-order valence-electron chi connectivity index (χ0n) is 22.8. The van der Waals surface area contributed by atoms with E-state index < -0.39 is 0 Å². The lowest BCUT2D eigenvalue weighted by Crippen LogP contribution is -2.10. The molecule has 3 aliphatic rings. The Morgan fingerprint density at radius 2 is 1.82 bits per heavy atom. The first kappa shape index (κ1) is 26.0. The second-order valence-corrected chi connectivity index (χ2v) is 11.4. The standard InChI is InChI=1S/C33H36FN3O/c1-22-16-17-38-26(19-28(22)24-12-14-25(15-13-24)33(2,3)4)18-23-8-7-11-30-31(21-35-20-23)37-32(36-30)27-9-5-6-10-29(27)34/h5-6,9-15,19,21,23H,7-8,16-18,20H2,1-4H3. The van der Waals surface area contributed by atoms with E-state index in [0.29, 0.717) is 36.2 Å². The van der Waals surface area contributed by atoms with E-state index >= 15 is 0 Å². The van der Waals surface area contributed by atoms with Gasteiger partial charge in [-0.3, -0.25) is 4.99 Å². The fraction of sp³-hybridized carbons (Fsp3) is 0.364. The number of benzene rings is 2. The molecular formula is C33H36FN3O. The van der Waals surface area contributed by atoms with E-state index in [9.17, 15) is 4.39 Å². The van der Waals surface area contributed by atoms with Gasteiger partial charge in [0.2, 0.25) is 0 Å². The summed E-state index contributed by atoms with van der Waals surface area (Å²) >= 11 is 0. The summed E-state index contributed by atoms with van der Waals surface area (Å²) in [6.45, 7) is 10.3. The highest BCUT2D eigenvalue weighted by Crippen LogP contribution is 2.32. The molecule has 5 heteroatoms. The molecule has 0 saturated carbocycles. The molecule has 0 bridgehead atoms. The Balaban J connectivity index is 1.30. The van der Waals surface area contributed by atoms with Crippen LogP contribution in [0.15, 0.2) is 92.7 Å². The number of rotatable bonds is 4. The molecule has 0 fully saturated rings. The molecule has 0 amide bonds. The molecule has 1 atom stereocenters. The summed E-state index contributed by atoms with van der Waals surface area (Å²) in [4.78, 5) is 13.9. The normalized spacial score (nSPS) is 20.2. The number of nitrogens with zero attached hydrogens (tertiary/aromatic N) is 3. The number of amidine groups is 1. The Morgan fingerprint density at radius 3 is 2.58 bits per heavy atom. The van der Waals surface area contributed by atoms with Gasteiger partial charge in [0.25, 0.3) is 0 Å². The summed E-state index contributed by atoms with van der Waals surface area (Å²) in [6, 6.07) is 15.6. The molecule has 4 nitrogen and oxygen atoms in total. The lowest BCUT2D eigenvalue weighted by molar-refractivity contribution is 0.196. The van der Waals surface area contributed by atoms with Crippen LogP contribution in [0.3, 0.4) is 0 Å². The van der Waals surface area contributed by atoms with Gasteiger partial charge >= 0.3 is 0 Å². The van der Waals surface area contributed by atoms with E-state index in [-0.39, 0.29) is 11.2 Å². The van der Waals surface area contributed by atoms with Gasteiger partial charge in [-0.15, -0.1) is 0 Å². The van der Waals surface area contributed by atoms with E-state index in [1.54, 1.807) is 24.4 Å². The molecule has 1 unspecified atom stereocenters. The first-order valence-corrected chi connectivity index (χ1v) is 13.5. The molecule has 38 heavy (non-hydrogen) atoms. The van der Waals surface area contributed by atoms with E-state index in [4.69, 9.17) is 9.73 Å². The predicted octanol–water partition coefficient (Wildman–Crippen LogP) is 7.86. The first-order chi connectivity index (χ1) is 18.3. The van der Waals surface area contributed by atoms with Gasteiger partial charge in [-0.2, -0.15) is 0 Å². The van der Waals surface area contributed by atoms with Gasteiger partial charge in [-0.1, -0.05) is 68.8 Å². The van der Waals surface area contributed by atoms with E-state index in [1.165, 1.54) is 28.3 Å². The molecule has 0 N–H and O–H groups in total. The smallest absolute Gasteiger partial charge is 0.163 e. The Morgan fingerprint density at radius 1 is 1.03 bits per heavy atom. The molecule has 0 spiro atoms. The topological polar surface area (TPSA) is 46.3 Å². The zero-order chi connectivity index (χ0) is 26.7. The number of allylic oxidation sites excluding steroid dienone is 5. The van der Waals surface area contributed by atoms with Crippen LogP contribution >= 0.6 is 0 Å². The lowest BCUT2D eigenvalue weighted by Gasteiger charge is -2.19. The third-order valence-electron chi connectivity index (χ3n) is 7.40. The average molecular weight is 510 g/mol. The summed E-state index contributed by atoms with van der Waals surface area (Å²) in [5, 5.41) is 0. The third-order valence-corrected chi connectivity index (χ3v) is 7.40. The van der Waals surface area contributed by atoms with Crippen molar-refractivity contribution in [2.75, 3.05) is 13.2 Å². The van der Waals surface area contributed by atoms with Crippen LogP contribution in [0.1, 0.15) is 70.1 Å². The molecule has 3 aliphatic heterocycles. The highest BCUT2D eigenvalue weighted by molar-refractivity contribution is 6.42. The fourth-order valence-corrected chi connectivity index (χ4v) is 5.06. The molecule has 196 valence electrons. The Kier molecular flexibility index (Phi) is 7.55. The Labute approximate surface area is 225 Å². The monoisotopic (exact) mass is 509 g/mol. The highest BCUT2D eigenvalue weighted by Gasteiger charge is 2.22. The maximum absolute atomic E-state index is 14.2. The van der Waals surface area contributed by atoms with Gasteiger partial charge in [0.15, 0.2) is 5.84 Å². The van der Waals surface area contributed by atoms with Crippen LogP contribution in [0.25, 0.3) is 5.57 Å². The molecule has 0 radical (unpaired) electrons. The van der Waals surface area contributed by atoms with Gasteiger partial charge in [0, 0.05) is 25.6 Å². The molecule has 0 aliphatic carbocycles. The van der Waals surface area contributed by atoms with Gasteiger partial charge < -0.3 is 4.74 Å². The molecule has 2 aromatic rings. The van der Waals surface area contributed by atoms with Gasteiger partial charge in [0.05, 0.1) is 23.6 Å². The van der Waals surface area contributed by atoms with Crippen molar-refractivity contribution in [1.29, 1.82) is 0 Å². The minimum atomic E-state index is -0.315. The van der Waals surface area contributed by atoms with Crippen molar-refractivity contribution in [2.24, 2.45) is 20.9 Å². The minimum Gasteiger partial charge on any atom is -0.498 e. The molecule has 5 rings (SSSR count). The first-order valence-electron chi connectivity index (χ1n) is 13.5. The van der Waals surface area contributed by atoms with Crippen LogP contribution in [0.5, 0.6) is 0 Å². The number of halogens is 1. The van der Waals surface area contributed by atoms with Gasteiger partial charge in [-0.05, 0) is 66.0 Å². The minimum absolute atomic E-state index is 0.136. The Hall–Kier alpha value is -3.60. The SMILES string of the molecule is CC1=C(c2ccc(C(C)(C)C)cc2)C=C(CC2CCC=C3N=C(c4ccccc4F)N=C3C=NC2)OCC1. The van der Waals surface area contributed by atoms with Gasteiger partial charge in [0.1, 0.15) is 11.5 Å². The van der Waals surface area contributed by atoms with Crippen LogP contribution in [-0.2, 0) is 10.2 Å². The third kappa shape index (κ3) is 5.93. The van der Waals surface area contributed by atoms with Crippen LogP contribution in [0, 0.1) is 11.7 Å². The summed E-state index contributed by atoms with van der Waals surface area (Å²) in [7, 11) is 0. The highest BCUT2D eigenvalue weighted by atomic mass is 19.1. The van der Waals surface area contributed by atoms with Crippen LogP contribution in [-0.4, -0.2) is 30.9 Å². The van der Waals surface area contributed by atoms with Crippen molar-refractivity contribution in [1.82, 2.24) is 0 Å². The van der Waals surface area contributed by atoms with Crippen LogP contribution < -0.4 is 0 Å². The molecule has 3 heterocycles. The van der Waals surface area contributed by atoms with E-state index in [0.717, 1.165) is 37.1 Å². The predicted molar refractivity (Wildman–Crippen MR) is 156 cm³/mol. The van der Waals surface area contributed by atoms with E-state index in [2.05, 4.69) is 74.1 Å². The molecule has 0 aromatic heterocycles. The van der Waals surface area contributed by atoms with Crippen molar-refractivity contribution in [2.45, 2.75) is 58.8 Å².